The molecule has 0 bridgehead atoms. The van der Waals surface area contributed by atoms with Crippen molar-refractivity contribution in [3.8, 4) is 6.01 Å². The number of aromatic nitrogens is 2. The first kappa shape index (κ1) is 26.2. The Bertz CT molecular complexity index is 1470. The topological polar surface area (TPSA) is 82.1 Å². The van der Waals surface area contributed by atoms with E-state index in [1.165, 1.54) is 27.1 Å². The van der Waals surface area contributed by atoms with Crippen LogP contribution in [0.2, 0.25) is 0 Å². The molecule has 0 amide bonds. The molecule has 0 spiro atoms. The van der Waals surface area contributed by atoms with Crippen LogP contribution in [0, 0.1) is 0 Å². The van der Waals surface area contributed by atoms with Gasteiger partial charge in [-0.2, -0.15) is 14.3 Å². The fourth-order valence-corrected chi connectivity index (χ4v) is 6.89. The number of piperazine rings is 1. The van der Waals surface area contributed by atoms with Gasteiger partial charge in [0.2, 0.25) is 10.0 Å². The molecule has 2 aromatic carbocycles. The number of fused-ring (bicyclic) bond motifs is 2. The largest absolute Gasteiger partial charge is 0.462 e. The van der Waals surface area contributed by atoms with Gasteiger partial charge < -0.3 is 14.5 Å². The first-order chi connectivity index (χ1) is 18.9. The second kappa shape index (κ2) is 10.8. The maximum atomic E-state index is 12.3. The summed E-state index contributed by atoms with van der Waals surface area (Å²) in [5, 5.41) is 3.54. The SMILES string of the molecule is C=CS(=O)(=O)N1CCN(c2nc(OCC3CCCN3C)nc3c2CN(Cc2cccc4ccccc24)C3)CC1. The molecule has 1 atom stereocenters. The Kier molecular flexibility index (Phi) is 7.28. The van der Waals surface area contributed by atoms with Crippen LogP contribution >= 0.6 is 0 Å². The first-order valence-electron chi connectivity index (χ1n) is 13.7. The Balaban J connectivity index is 1.25. The van der Waals surface area contributed by atoms with Crippen LogP contribution in [-0.4, -0.2) is 84.9 Å². The van der Waals surface area contributed by atoms with E-state index in [2.05, 4.69) is 70.8 Å². The number of ether oxygens (including phenoxy) is 1. The highest BCUT2D eigenvalue weighted by Gasteiger charge is 2.32. The molecule has 3 aliphatic rings. The summed E-state index contributed by atoms with van der Waals surface area (Å²) in [6.45, 7) is 9.32. The number of anilines is 1. The zero-order valence-corrected chi connectivity index (χ0v) is 23.3. The van der Waals surface area contributed by atoms with Gasteiger partial charge in [-0.05, 0) is 42.8 Å². The Morgan fingerprint density at radius 2 is 1.82 bits per heavy atom. The number of likely N-dealkylation sites (tertiary alicyclic amines) is 1. The van der Waals surface area contributed by atoms with E-state index < -0.39 is 10.0 Å². The number of hydrogen-bond acceptors (Lipinski definition) is 8. The minimum Gasteiger partial charge on any atom is -0.462 e. The fraction of sp³-hybridized carbons (Fsp3) is 0.448. The van der Waals surface area contributed by atoms with Gasteiger partial charge in [-0.25, -0.2) is 8.42 Å². The average Bonchev–Trinajstić information content (AvgIpc) is 3.56. The number of sulfonamides is 1. The third kappa shape index (κ3) is 5.38. The lowest BCUT2D eigenvalue weighted by molar-refractivity contribution is 0.187. The molecular formula is C29H36N6O3S. The smallest absolute Gasteiger partial charge is 0.318 e. The Morgan fingerprint density at radius 3 is 2.59 bits per heavy atom. The summed E-state index contributed by atoms with van der Waals surface area (Å²) in [6, 6.07) is 15.8. The van der Waals surface area contributed by atoms with Crippen LogP contribution in [0.4, 0.5) is 5.82 Å². The van der Waals surface area contributed by atoms with E-state index in [4.69, 9.17) is 14.7 Å². The fourth-order valence-electron chi connectivity index (χ4n) is 6.01. The molecule has 10 heteroatoms. The predicted octanol–water partition coefficient (Wildman–Crippen LogP) is 3.21. The van der Waals surface area contributed by atoms with Gasteiger partial charge in [-0.3, -0.25) is 4.90 Å². The van der Waals surface area contributed by atoms with E-state index >= 15 is 0 Å². The van der Waals surface area contributed by atoms with Crippen molar-refractivity contribution in [2.24, 2.45) is 0 Å². The lowest BCUT2D eigenvalue weighted by Crippen LogP contribution is -2.48. The molecule has 0 N–H and O–H groups in total. The summed E-state index contributed by atoms with van der Waals surface area (Å²) < 4.78 is 32.3. The van der Waals surface area contributed by atoms with Crippen molar-refractivity contribution in [2.75, 3.05) is 51.3 Å². The van der Waals surface area contributed by atoms with Crippen LogP contribution in [0.1, 0.15) is 29.7 Å². The monoisotopic (exact) mass is 548 g/mol. The van der Waals surface area contributed by atoms with Crippen molar-refractivity contribution in [1.29, 1.82) is 0 Å². The molecule has 3 aromatic rings. The maximum Gasteiger partial charge on any atom is 0.318 e. The molecule has 0 saturated carbocycles. The van der Waals surface area contributed by atoms with Gasteiger partial charge in [0.1, 0.15) is 12.4 Å². The highest BCUT2D eigenvalue weighted by Crippen LogP contribution is 2.33. The molecule has 1 unspecified atom stereocenters. The van der Waals surface area contributed by atoms with Gasteiger partial charge in [0.15, 0.2) is 0 Å². The Morgan fingerprint density at radius 1 is 1.03 bits per heavy atom. The third-order valence-corrected chi connectivity index (χ3v) is 9.77. The molecule has 206 valence electrons. The molecule has 0 radical (unpaired) electrons. The second-order valence-electron chi connectivity index (χ2n) is 10.7. The van der Waals surface area contributed by atoms with Crippen LogP contribution in [0.5, 0.6) is 6.01 Å². The Labute approximate surface area is 230 Å². The molecule has 2 saturated heterocycles. The highest BCUT2D eigenvalue weighted by atomic mass is 32.2. The molecule has 6 rings (SSSR count). The molecule has 9 nitrogen and oxygen atoms in total. The predicted molar refractivity (Wildman–Crippen MR) is 153 cm³/mol. The molecule has 4 heterocycles. The summed E-state index contributed by atoms with van der Waals surface area (Å²) in [4.78, 5) is 16.7. The van der Waals surface area contributed by atoms with E-state index in [0.29, 0.717) is 44.8 Å². The molecule has 0 aliphatic carbocycles. The van der Waals surface area contributed by atoms with Crippen molar-refractivity contribution >= 4 is 26.6 Å². The van der Waals surface area contributed by atoms with Crippen LogP contribution in [0.3, 0.4) is 0 Å². The van der Waals surface area contributed by atoms with E-state index in [0.717, 1.165) is 55.1 Å². The van der Waals surface area contributed by atoms with Crippen molar-refractivity contribution in [3.05, 3.63) is 71.3 Å². The maximum absolute atomic E-state index is 12.3. The minimum absolute atomic E-state index is 0.376. The van der Waals surface area contributed by atoms with Crippen LogP contribution in [-0.2, 0) is 29.7 Å². The second-order valence-corrected chi connectivity index (χ2v) is 12.6. The zero-order valence-electron chi connectivity index (χ0n) is 22.5. The van der Waals surface area contributed by atoms with Gasteiger partial charge in [-0.15, -0.1) is 0 Å². The summed E-state index contributed by atoms with van der Waals surface area (Å²) in [5.41, 5.74) is 3.40. The van der Waals surface area contributed by atoms with E-state index in [1.807, 2.05) is 0 Å². The van der Waals surface area contributed by atoms with Crippen molar-refractivity contribution in [3.63, 3.8) is 0 Å². The Hall–Kier alpha value is -3.05. The standard InChI is InChI=1S/C29H36N6O3S/c1-3-39(36,37)35-16-14-34(15-17-35)28-26-19-33(18-23-10-6-9-22-8-4-5-12-25(22)23)20-27(26)30-29(31-28)38-21-24-11-7-13-32(24)2/h3-6,8-10,12,24H,1,7,11,13-21H2,2H3. The molecular weight excluding hydrogens is 512 g/mol. The highest BCUT2D eigenvalue weighted by molar-refractivity contribution is 7.92. The van der Waals surface area contributed by atoms with Gasteiger partial charge in [0.05, 0.1) is 5.69 Å². The van der Waals surface area contributed by atoms with Crippen LogP contribution < -0.4 is 9.64 Å². The lowest BCUT2D eigenvalue weighted by Gasteiger charge is -2.35. The molecule has 39 heavy (non-hydrogen) atoms. The van der Waals surface area contributed by atoms with Gasteiger partial charge in [0, 0.05) is 62.8 Å². The number of hydrogen-bond donors (Lipinski definition) is 0. The van der Waals surface area contributed by atoms with Crippen molar-refractivity contribution < 1.29 is 13.2 Å². The normalized spacial score (nSPS) is 20.9. The summed E-state index contributed by atoms with van der Waals surface area (Å²) in [6.07, 6.45) is 2.30. The average molecular weight is 549 g/mol. The third-order valence-electron chi connectivity index (χ3n) is 8.26. The summed E-state index contributed by atoms with van der Waals surface area (Å²) in [5.74, 6) is 0.867. The van der Waals surface area contributed by atoms with Gasteiger partial charge >= 0.3 is 6.01 Å². The number of nitrogens with zero attached hydrogens (tertiary/aromatic N) is 6. The first-order valence-corrected chi connectivity index (χ1v) is 15.2. The van der Waals surface area contributed by atoms with Gasteiger partial charge in [0.25, 0.3) is 0 Å². The van der Waals surface area contributed by atoms with Crippen molar-refractivity contribution in [2.45, 2.75) is 38.5 Å². The van der Waals surface area contributed by atoms with Crippen LogP contribution in [0.15, 0.2) is 54.5 Å². The number of likely N-dealkylation sites (N-methyl/N-ethyl adjacent to an activating group) is 1. The zero-order chi connectivity index (χ0) is 27.0. The quantitative estimate of drug-likeness (QED) is 0.425. The number of rotatable bonds is 8. The number of benzene rings is 2. The summed E-state index contributed by atoms with van der Waals surface area (Å²) >= 11 is 0. The minimum atomic E-state index is -3.43. The van der Waals surface area contributed by atoms with Crippen molar-refractivity contribution in [1.82, 2.24) is 24.1 Å². The molecule has 2 fully saturated rings. The molecule has 3 aliphatic heterocycles. The molecule has 1 aromatic heterocycles. The lowest BCUT2D eigenvalue weighted by atomic mass is 10.0. The van der Waals surface area contributed by atoms with E-state index in [-0.39, 0.29) is 0 Å². The van der Waals surface area contributed by atoms with E-state index in [1.54, 1.807) is 0 Å². The van der Waals surface area contributed by atoms with Gasteiger partial charge in [-0.1, -0.05) is 49.0 Å². The van der Waals surface area contributed by atoms with Crippen LogP contribution in [0.25, 0.3) is 10.8 Å². The van der Waals surface area contributed by atoms with E-state index in [9.17, 15) is 8.42 Å². The summed E-state index contributed by atoms with van der Waals surface area (Å²) in [7, 11) is -1.29.